The Kier molecular flexibility index (Phi) is 9.05. The molecule has 216 valence electrons. The predicted molar refractivity (Wildman–Crippen MR) is 146 cm³/mol. The first-order valence-electron chi connectivity index (χ1n) is 13.7. The lowest BCUT2D eigenvalue weighted by Crippen LogP contribution is -2.47. The molecule has 2 aromatic rings. The third-order valence-corrected chi connectivity index (χ3v) is 8.29. The van der Waals surface area contributed by atoms with Crippen LogP contribution in [-0.4, -0.2) is 40.8 Å². The molecule has 4 aliphatic rings. The first kappa shape index (κ1) is 29.4. The van der Waals surface area contributed by atoms with Gasteiger partial charge in [0, 0.05) is 12.2 Å². The monoisotopic (exact) mass is 559 g/mol. The van der Waals surface area contributed by atoms with Gasteiger partial charge in [0.05, 0.1) is 12.1 Å². The third kappa shape index (κ3) is 7.99. The molecule has 6 rings (SSSR count). The molecule has 2 aromatic carbocycles. The van der Waals surface area contributed by atoms with Crippen LogP contribution in [-0.2, 0) is 11.3 Å². The van der Waals surface area contributed by atoms with Crippen molar-refractivity contribution in [3.05, 3.63) is 65.2 Å². The van der Waals surface area contributed by atoms with Crippen molar-refractivity contribution in [2.45, 2.75) is 64.6 Å². The number of aromatic carboxylic acids is 1. The molecule has 0 heterocycles. The summed E-state index contributed by atoms with van der Waals surface area (Å²) in [6, 6.07) is 15.3. The first-order chi connectivity index (χ1) is 18.9. The molecular formula is C30H36F3N3O4. The number of aliphatic imine (C=N–C) groups is 1. The van der Waals surface area contributed by atoms with Gasteiger partial charge in [0.15, 0.2) is 5.96 Å². The number of carboxylic acids is 2. The van der Waals surface area contributed by atoms with E-state index in [-0.39, 0.29) is 5.56 Å². The van der Waals surface area contributed by atoms with E-state index < -0.39 is 18.1 Å². The van der Waals surface area contributed by atoms with E-state index in [0.717, 1.165) is 35.9 Å². The van der Waals surface area contributed by atoms with Crippen LogP contribution in [0, 0.1) is 30.1 Å². The summed E-state index contributed by atoms with van der Waals surface area (Å²) in [6.07, 6.45) is 4.80. The minimum absolute atomic E-state index is 0.286. The quantitative estimate of drug-likeness (QED) is 0.228. The molecule has 4 aliphatic carbocycles. The van der Waals surface area contributed by atoms with E-state index in [1.807, 2.05) is 0 Å². The molecule has 0 spiro atoms. The normalized spacial score (nSPS) is 25.1. The number of benzene rings is 2. The highest BCUT2D eigenvalue weighted by molar-refractivity contribution is 5.94. The van der Waals surface area contributed by atoms with Crippen LogP contribution in [0.15, 0.2) is 53.5 Å². The van der Waals surface area contributed by atoms with Crippen molar-refractivity contribution in [1.82, 2.24) is 5.32 Å². The van der Waals surface area contributed by atoms with Gasteiger partial charge in [0.2, 0.25) is 0 Å². The predicted octanol–water partition coefficient (Wildman–Crippen LogP) is 6.49. The molecule has 0 aromatic heterocycles. The fourth-order valence-corrected chi connectivity index (χ4v) is 6.88. The molecule has 7 nitrogen and oxygen atoms in total. The number of guanidine groups is 1. The van der Waals surface area contributed by atoms with E-state index in [0.29, 0.717) is 12.0 Å². The van der Waals surface area contributed by atoms with E-state index in [1.54, 1.807) is 24.3 Å². The Labute approximate surface area is 231 Å². The number of aryl methyl sites for hydroxylation is 1. The zero-order valence-corrected chi connectivity index (χ0v) is 22.5. The first-order valence-corrected chi connectivity index (χ1v) is 13.7. The second kappa shape index (κ2) is 12.3. The fraction of sp³-hybridized carbons (Fsp3) is 0.500. The summed E-state index contributed by atoms with van der Waals surface area (Å²) >= 11 is 0. The number of anilines is 1. The maximum atomic E-state index is 11.2. The minimum Gasteiger partial charge on any atom is -0.478 e. The van der Waals surface area contributed by atoms with Crippen LogP contribution in [0.1, 0.15) is 66.4 Å². The van der Waals surface area contributed by atoms with Gasteiger partial charge in [-0.2, -0.15) is 13.2 Å². The maximum absolute atomic E-state index is 11.2. The number of carbonyl (C=O) groups is 2. The van der Waals surface area contributed by atoms with Crippen LogP contribution in [0.2, 0.25) is 0 Å². The van der Waals surface area contributed by atoms with Crippen molar-refractivity contribution >= 4 is 23.6 Å². The standard InChI is InChI=1S/C28H35N3O2.C2HF3O2/c1-19-2-4-20(5-3-19)18-30-27(31-25-8-6-24(7-9-25)26(32)33)29-11-10-28-15-21-12-22(16-28)14-23(13-21)17-28;3-2(4,5)1(6)7/h2-9,21-23H,10-18H2,1H3,(H,32,33)(H2,29,30,31);(H,6,7). The summed E-state index contributed by atoms with van der Waals surface area (Å²) in [7, 11) is 0. The average Bonchev–Trinajstić information content (AvgIpc) is 2.87. The number of halogens is 3. The van der Waals surface area contributed by atoms with Crippen molar-refractivity contribution in [2.24, 2.45) is 28.2 Å². The highest BCUT2D eigenvalue weighted by atomic mass is 19.4. The molecule has 0 atom stereocenters. The SMILES string of the molecule is Cc1ccc(CN=C(NCCC23CC4CC(CC(C4)C2)C3)Nc2ccc(C(=O)O)cc2)cc1.O=C(O)C(F)(F)F. The number of hydrogen-bond donors (Lipinski definition) is 4. The van der Waals surface area contributed by atoms with Crippen LogP contribution in [0.4, 0.5) is 18.9 Å². The number of nitrogens with zero attached hydrogens (tertiary/aromatic N) is 1. The molecule has 0 saturated heterocycles. The van der Waals surface area contributed by atoms with Crippen molar-refractivity contribution in [2.75, 3.05) is 11.9 Å². The molecular weight excluding hydrogens is 523 g/mol. The summed E-state index contributed by atoms with van der Waals surface area (Å²) in [5.41, 5.74) is 4.07. The van der Waals surface area contributed by atoms with Gasteiger partial charge in [-0.1, -0.05) is 29.8 Å². The van der Waals surface area contributed by atoms with Gasteiger partial charge < -0.3 is 20.8 Å². The second-order valence-corrected chi connectivity index (χ2v) is 11.6. The van der Waals surface area contributed by atoms with E-state index in [2.05, 4.69) is 41.8 Å². The second-order valence-electron chi connectivity index (χ2n) is 11.6. The lowest BCUT2D eigenvalue weighted by molar-refractivity contribution is -0.192. The van der Waals surface area contributed by atoms with Gasteiger partial charge >= 0.3 is 18.1 Å². The van der Waals surface area contributed by atoms with Crippen molar-refractivity contribution in [1.29, 1.82) is 0 Å². The van der Waals surface area contributed by atoms with Crippen LogP contribution in [0.25, 0.3) is 0 Å². The fourth-order valence-electron chi connectivity index (χ4n) is 6.88. The van der Waals surface area contributed by atoms with Gasteiger partial charge in [-0.25, -0.2) is 14.6 Å². The molecule has 40 heavy (non-hydrogen) atoms. The van der Waals surface area contributed by atoms with E-state index in [9.17, 15) is 18.0 Å². The lowest BCUT2D eigenvalue weighted by Gasteiger charge is -2.57. The van der Waals surface area contributed by atoms with Gasteiger partial charge in [-0.05, 0) is 105 Å². The molecule has 0 aliphatic heterocycles. The summed E-state index contributed by atoms with van der Waals surface area (Å²) in [6.45, 7) is 3.60. The smallest absolute Gasteiger partial charge is 0.478 e. The Hall–Kier alpha value is -3.56. The van der Waals surface area contributed by atoms with E-state index >= 15 is 0 Å². The molecule has 4 saturated carbocycles. The third-order valence-electron chi connectivity index (χ3n) is 8.29. The Morgan fingerprint density at radius 3 is 1.93 bits per heavy atom. The summed E-state index contributed by atoms with van der Waals surface area (Å²) in [5.74, 6) is -0.00946. The molecule has 0 amide bonds. The van der Waals surface area contributed by atoms with Crippen LogP contribution < -0.4 is 10.6 Å². The zero-order valence-electron chi connectivity index (χ0n) is 22.5. The number of hydrogen-bond acceptors (Lipinski definition) is 3. The van der Waals surface area contributed by atoms with Gasteiger partial charge in [-0.15, -0.1) is 0 Å². The molecule has 4 fully saturated rings. The van der Waals surface area contributed by atoms with Crippen molar-refractivity contribution < 1.29 is 33.0 Å². The number of aliphatic carboxylic acids is 1. The van der Waals surface area contributed by atoms with Crippen LogP contribution in [0.3, 0.4) is 0 Å². The highest BCUT2D eigenvalue weighted by Gasteiger charge is 2.50. The molecule has 0 unspecified atom stereocenters. The largest absolute Gasteiger partial charge is 0.490 e. The highest BCUT2D eigenvalue weighted by Crippen LogP contribution is 2.61. The Balaban J connectivity index is 0.000000470. The lowest BCUT2D eigenvalue weighted by atomic mass is 9.49. The topological polar surface area (TPSA) is 111 Å². The number of alkyl halides is 3. The number of rotatable bonds is 7. The Morgan fingerprint density at radius 2 is 1.45 bits per heavy atom. The minimum atomic E-state index is -5.08. The molecule has 0 radical (unpaired) electrons. The summed E-state index contributed by atoms with van der Waals surface area (Å²) in [4.78, 5) is 24.9. The number of nitrogens with one attached hydrogen (secondary N) is 2. The molecule has 4 bridgehead atoms. The molecule has 4 N–H and O–H groups in total. The van der Waals surface area contributed by atoms with Gasteiger partial charge in [0.1, 0.15) is 0 Å². The molecule has 10 heteroatoms. The van der Waals surface area contributed by atoms with Gasteiger partial charge in [0.25, 0.3) is 0 Å². The van der Waals surface area contributed by atoms with Gasteiger partial charge in [-0.3, -0.25) is 0 Å². The van der Waals surface area contributed by atoms with Crippen molar-refractivity contribution in [3.63, 3.8) is 0 Å². The Morgan fingerprint density at radius 1 is 0.925 bits per heavy atom. The van der Waals surface area contributed by atoms with E-state index in [1.165, 1.54) is 56.1 Å². The Bertz CT molecular complexity index is 1170. The van der Waals surface area contributed by atoms with Crippen molar-refractivity contribution in [3.8, 4) is 0 Å². The zero-order chi connectivity index (χ0) is 28.9. The van der Waals surface area contributed by atoms with E-state index in [4.69, 9.17) is 20.0 Å². The summed E-state index contributed by atoms with van der Waals surface area (Å²) in [5, 5.41) is 23.3. The average molecular weight is 560 g/mol. The van der Waals surface area contributed by atoms with Crippen LogP contribution >= 0.6 is 0 Å². The summed E-state index contributed by atoms with van der Waals surface area (Å²) < 4.78 is 31.7. The number of carboxylic acid groups (broad SMARTS) is 2. The maximum Gasteiger partial charge on any atom is 0.490 e. The van der Waals surface area contributed by atoms with Crippen LogP contribution in [0.5, 0.6) is 0 Å².